The summed E-state index contributed by atoms with van der Waals surface area (Å²) in [6, 6.07) is 5.08. The van der Waals surface area contributed by atoms with E-state index in [1.165, 1.54) is 0 Å². The Balaban J connectivity index is 2.40. The van der Waals surface area contributed by atoms with Crippen LogP contribution in [0.25, 0.3) is 6.08 Å². The first kappa shape index (κ1) is 12.1. The van der Waals surface area contributed by atoms with Crippen molar-refractivity contribution in [3.8, 4) is 0 Å². The van der Waals surface area contributed by atoms with E-state index in [0.717, 1.165) is 0 Å². The van der Waals surface area contributed by atoms with E-state index >= 15 is 0 Å². The molecule has 1 aromatic rings. The van der Waals surface area contributed by atoms with Crippen molar-refractivity contribution in [1.29, 1.82) is 0 Å². The molecule has 0 fully saturated rings. The molecule has 0 atom stereocenters. The number of hydrogen-bond acceptors (Lipinski definition) is 4. The minimum absolute atomic E-state index is 0.00726. The van der Waals surface area contributed by atoms with Gasteiger partial charge in [0.05, 0.1) is 23.3 Å². The Morgan fingerprint density at radius 1 is 1.35 bits per heavy atom. The van der Waals surface area contributed by atoms with Gasteiger partial charge in [0.2, 0.25) is 9.84 Å². The van der Waals surface area contributed by atoms with Crippen LogP contribution in [0.3, 0.4) is 0 Å². The molecule has 92 valence electrons. The largest absolute Gasteiger partial charge is 0.398 e. The summed E-state index contributed by atoms with van der Waals surface area (Å²) in [5.41, 5.74) is 6.65. The number of fused-ring (bicyclic) bond motifs is 1. The summed E-state index contributed by atoms with van der Waals surface area (Å²) in [5, 5.41) is 0. The van der Waals surface area contributed by atoms with Gasteiger partial charge in [0, 0.05) is 0 Å². The summed E-state index contributed by atoms with van der Waals surface area (Å²) in [6.07, 6.45) is 1.62. The van der Waals surface area contributed by atoms with E-state index in [1.807, 2.05) is 13.8 Å². The molecule has 0 spiro atoms. The second-order valence-electron chi connectivity index (χ2n) is 4.24. The lowest BCUT2D eigenvalue weighted by molar-refractivity contribution is 0.101. The van der Waals surface area contributed by atoms with E-state index in [-0.39, 0.29) is 22.5 Å². The second kappa shape index (κ2) is 4.16. The van der Waals surface area contributed by atoms with Gasteiger partial charge in [-0.1, -0.05) is 12.1 Å². The Morgan fingerprint density at radius 3 is 2.65 bits per heavy atom. The molecule has 0 bridgehead atoms. The van der Waals surface area contributed by atoms with Crippen LogP contribution in [0, 0.1) is 0 Å². The summed E-state index contributed by atoms with van der Waals surface area (Å²) >= 11 is 0. The van der Waals surface area contributed by atoms with Crippen LogP contribution in [-0.2, 0) is 14.6 Å². The quantitative estimate of drug-likeness (QED) is 0.834. The zero-order valence-corrected chi connectivity index (χ0v) is 10.6. The SMILES string of the molecule is CC(C)OCC1=Cc2cccc(N)c2S1(=O)=O. The molecule has 17 heavy (non-hydrogen) atoms. The van der Waals surface area contributed by atoms with Crippen LogP contribution >= 0.6 is 0 Å². The Morgan fingerprint density at radius 2 is 2.06 bits per heavy atom. The summed E-state index contributed by atoms with van der Waals surface area (Å²) < 4.78 is 29.7. The molecule has 0 amide bonds. The topological polar surface area (TPSA) is 69.4 Å². The molecule has 1 aliphatic heterocycles. The minimum Gasteiger partial charge on any atom is -0.398 e. The van der Waals surface area contributed by atoms with E-state index in [4.69, 9.17) is 10.5 Å². The number of nitrogen functional groups attached to an aromatic ring is 1. The monoisotopic (exact) mass is 253 g/mol. The fraction of sp³-hybridized carbons (Fsp3) is 0.333. The highest BCUT2D eigenvalue weighted by molar-refractivity contribution is 7.96. The minimum atomic E-state index is -3.46. The van der Waals surface area contributed by atoms with Crippen molar-refractivity contribution in [2.75, 3.05) is 12.3 Å². The van der Waals surface area contributed by atoms with E-state index in [1.54, 1.807) is 24.3 Å². The third-order valence-corrected chi connectivity index (χ3v) is 4.50. The molecular weight excluding hydrogens is 238 g/mol. The third kappa shape index (κ3) is 2.08. The van der Waals surface area contributed by atoms with Gasteiger partial charge >= 0.3 is 0 Å². The van der Waals surface area contributed by atoms with Crippen LogP contribution in [0.4, 0.5) is 5.69 Å². The van der Waals surface area contributed by atoms with Crippen LogP contribution < -0.4 is 5.73 Å². The van der Waals surface area contributed by atoms with E-state index in [0.29, 0.717) is 11.3 Å². The van der Waals surface area contributed by atoms with Crippen molar-refractivity contribution in [2.45, 2.75) is 24.8 Å². The first-order valence-electron chi connectivity index (χ1n) is 5.38. The van der Waals surface area contributed by atoms with Crippen LogP contribution in [0.5, 0.6) is 0 Å². The molecule has 2 N–H and O–H groups in total. The summed E-state index contributed by atoms with van der Waals surface area (Å²) in [4.78, 5) is 0.487. The molecule has 5 heteroatoms. The standard InChI is InChI=1S/C12H15NO3S/c1-8(2)16-7-10-6-9-4-3-5-11(13)12(9)17(10,14)15/h3-6,8H,7,13H2,1-2H3. The van der Waals surface area contributed by atoms with Gasteiger partial charge in [-0.3, -0.25) is 0 Å². The Kier molecular flexibility index (Phi) is 2.97. The Labute approximate surface area is 101 Å². The number of nitrogens with two attached hydrogens (primary N) is 1. The van der Waals surface area contributed by atoms with Gasteiger partial charge in [-0.2, -0.15) is 0 Å². The van der Waals surface area contributed by atoms with E-state index in [2.05, 4.69) is 0 Å². The number of ether oxygens (including phenoxy) is 1. The van der Waals surface area contributed by atoms with Crippen molar-refractivity contribution < 1.29 is 13.2 Å². The van der Waals surface area contributed by atoms with Gasteiger partial charge < -0.3 is 10.5 Å². The van der Waals surface area contributed by atoms with Gasteiger partial charge in [-0.25, -0.2) is 8.42 Å². The molecule has 0 saturated carbocycles. The van der Waals surface area contributed by atoms with Gasteiger partial charge in [0.1, 0.15) is 4.90 Å². The van der Waals surface area contributed by atoms with Gasteiger partial charge in [-0.15, -0.1) is 0 Å². The summed E-state index contributed by atoms with van der Waals surface area (Å²) in [7, 11) is -3.46. The zero-order chi connectivity index (χ0) is 12.6. The Bertz CT molecular complexity index is 573. The van der Waals surface area contributed by atoms with E-state index < -0.39 is 9.84 Å². The van der Waals surface area contributed by atoms with Crippen LogP contribution in [0.2, 0.25) is 0 Å². The number of benzene rings is 1. The number of sulfone groups is 1. The van der Waals surface area contributed by atoms with Crippen molar-refractivity contribution in [3.63, 3.8) is 0 Å². The lowest BCUT2D eigenvalue weighted by Crippen LogP contribution is -2.11. The molecule has 0 saturated heterocycles. The molecule has 1 aromatic carbocycles. The molecule has 0 unspecified atom stereocenters. The molecular formula is C12H15NO3S. The maximum absolute atomic E-state index is 12.2. The highest BCUT2D eigenvalue weighted by atomic mass is 32.2. The molecule has 0 aliphatic carbocycles. The molecule has 4 nitrogen and oxygen atoms in total. The summed E-state index contributed by atoms with van der Waals surface area (Å²) in [6.45, 7) is 3.82. The normalized spacial score (nSPS) is 17.0. The highest BCUT2D eigenvalue weighted by Crippen LogP contribution is 2.36. The highest BCUT2D eigenvalue weighted by Gasteiger charge is 2.31. The van der Waals surface area contributed by atoms with Gasteiger partial charge in [0.15, 0.2) is 0 Å². The summed E-state index contributed by atoms with van der Waals surface area (Å²) in [5.74, 6) is 0. The van der Waals surface area contributed by atoms with Crippen LogP contribution in [0.1, 0.15) is 19.4 Å². The van der Waals surface area contributed by atoms with E-state index in [9.17, 15) is 8.42 Å². The van der Waals surface area contributed by atoms with Crippen LogP contribution in [0.15, 0.2) is 28.0 Å². The maximum Gasteiger partial charge on any atom is 0.207 e. The van der Waals surface area contributed by atoms with Crippen molar-refractivity contribution in [2.24, 2.45) is 0 Å². The molecule has 2 rings (SSSR count). The maximum atomic E-state index is 12.2. The third-order valence-electron chi connectivity index (χ3n) is 2.57. The average molecular weight is 253 g/mol. The molecule has 0 radical (unpaired) electrons. The van der Waals surface area contributed by atoms with Gasteiger partial charge in [0.25, 0.3) is 0 Å². The van der Waals surface area contributed by atoms with Gasteiger partial charge in [-0.05, 0) is 31.6 Å². The first-order valence-corrected chi connectivity index (χ1v) is 6.87. The fourth-order valence-corrected chi connectivity index (χ4v) is 3.33. The first-order chi connectivity index (χ1) is 7.93. The predicted octanol–water partition coefficient (Wildman–Crippen LogP) is 1.82. The van der Waals surface area contributed by atoms with Crippen molar-refractivity contribution in [1.82, 2.24) is 0 Å². The number of rotatable bonds is 3. The van der Waals surface area contributed by atoms with Crippen molar-refractivity contribution in [3.05, 3.63) is 28.7 Å². The lowest BCUT2D eigenvalue weighted by Gasteiger charge is -2.09. The fourth-order valence-electron chi connectivity index (χ4n) is 1.75. The lowest BCUT2D eigenvalue weighted by atomic mass is 10.2. The molecule has 0 aromatic heterocycles. The zero-order valence-electron chi connectivity index (χ0n) is 9.80. The Hall–Kier alpha value is -1.33. The average Bonchev–Trinajstić information content (AvgIpc) is 2.48. The van der Waals surface area contributed by atoms with Crippen LogP contribution in [-0.4, -0.2) is 21.1 Å². The predicted molar refractivity (Wildman–Crippen MR) is 67.1 cm³/mol. The second-order valence-corrected chi connectivity index (χ2v) is 6.18. The molecule has 1 heterocycles. The smallest absolute Gasteiger partial charge is 0.207 e. The van der Waals surface area contributed by atoms with Crippen molar-refractivity contribution >= 4 is 21.6 Å². The number of anilines is 1. The molecule has 1 aliphatic rings. The number of hydrogen-bond donors (Lipinski definition) is 1.